The van der Waals surface area contributed by atoms with Crippen molar-refractivity contribution in [1.29, 1.82) is 0 Å². The third-order valence-corrected chi connectivity index (χ3v) is 3.66. The van der Waals surface area contributed by atoms with Crippen LogP contribution in [0.3, 0.4) is 0 Å². The average molecular weight is 434 g/mol. The van der Waals surface area contributed by atoms with Crippen molar-refractivity contribution in [3.8, 4) is 0 Å². The molecule has 0 aliphatic carbocycles. The first-order valence-electron chi connectivity index (χ1n) is 7.63. The van der Waals surface area contributed by atoms with Gasteiger partial charge in [0.05, 0.1) is 6.54 Å². The van der Waals surface area contributed by atoms with Gasteiger partial charge in [-0.15, -0.1) is 24.0 Å². The zero-order valence-electron chi connectivity index (χ0n) is 13.6. The predicted octanol–water partition coefficient (Wildman–Crippen LogP) is 2.07. The Morgan fingerprint density at radius 2 is 1.91 bits per heavy atom. The van der Waals surface area contributed by atoms with E-state index in [4.69, 9.17) is 0 Å². The van der Waals surface area contributed by atoms with Crippen LogP contribution in [0.15, 0.2) is 29.3 Å². The van der Waals surface area contributed by atoms with Crippen molar-refractivity contribution in [2.24, 2.45) is 4.99 Å². The molecular formula is C16H24FIN4O. The fourth-order valence-electron chi connectivity index (χ4n) is 2.46. The first kappa shape index (κ1) is 19.7. The highest BCUT2D eigenvalue weighted by Gasteiger charge is 2.20. The molecule has 0 aromatic heterocycles. The molecule has 5 nitrogen and oxygen atoms in total. The molecule has 0 radical (unpaired) electrons. The quantitative estimate of drug-likeness (QED) is 0.450. The first-order chi connectivity index (χ1) is 10.6. The number of carbonyl (C=O) groups excluding carboxylic acids is 1. The van der Waals surface area contributed by atoms with Crippen LogP contribution in [-0.2, 0) is 11.3 Å². The fourth-order valence-corrected chi connectivity index (χ4v) is 2.46. The Balaban J connectivity index is 0.00000264. The van der Waals surface area contributed by atoms with Crippen molar-refractivity contribution in [3.63, 3.8) is 0 Å². The molecule has 0 spiro atoms. The first-order valence-corrected chi connectivity index (χ1v) is 7.63. The van der Waals surface area contributed by atoms with Crippen LogP contribution < -0.4 is 5.32 Å². The van der Waals surface area contributed by atoms with E-state index in [0.717, 1.165) is 31.2 Å². The maximum Gasteiger partial charge on any atom is 0.219 e. The number of rotatable bonds is 3. The second-order valence-corrected chi connectivity index (χ2v) is 5.29. The number of hydrogen-bond donors (Lipinski definition) is 1. The Kier molecular flexibility index (Phi) is 8.29. The Bertz CT molecular complexity index is 545. The number of carbonyl (C=O) groups is 1. The van der Waals surface area contributed by atoms with Crippen molar-refractivity contribution < 1.29 is 9.18 Å². The Morgan fingerprint density at radius 3 is 2.48 bits per heavy atom. The molecule has 7 heteroatoms. The summed E-state index contributed by atoms with van der Waals surface area (Å²) in [6.07, 6.45) is 0. The minimum absolute atomic E-state index is 0. The SMILES string of the molecule is CCNC(=NCc1cccc(F)c1)N1CCN(C(C)=O)CC1.I. The number of amides is 1. The van der Waals surface area contributed by atoms with E-state index in [1.54, 1.807) is 13.0 Å². The van der Waals surface area contributed by atoms with Gasteiger partial charge in [0.1, 0.15) is 5.82 Å². The van der Waals surface area contributed by atoms with Crippen LogP contribution >= 0.6 is 24.0 Å². The molecule has 2 rings (SSSR count). The molecule has 1 heterocycles. The second kappa shape index (κ2) is 9.69. The normalized spacial score (nSPS) is 15.2. The predicted molar refractivity (Wildman–Crippen MR) is 100 cm³/mol. The highest BCUT2D eigenvalue weighted by molar-refractivity contribution is 14.0. The number of benzene rings is 1. The second-order valence-electron chi connectivity index (χ2n) is 5.29. The maximum absolute atomic E-state index is 13.2. The lowest BCUT2D eigenvalue weighted by molar-refractivity contribution is -0.130. The summed E-state index contributed by atoms with van der Waals surface area (Å²) < 4.78 is 13.2. The van der Waals surface area contributed by atoms with Crippen LogP contribution in [-0.4, -0.2) is 54.4 Å². The summed E-state index contributed by atoms with van der Waals surface area (Å²) in [4.78, 5) is 19.9. The summed E-state index contributed by atoms with van der Waals surface area (Å²) in [5.41, 5.74) is 0.845. The Morgan fingerprint density at radius 1 is 1.26 bits per heavy atom. The van der Waals surface area contributed by atoms with E-state index in [1.165, 1.54) is 12.1 Å². The number of nitrogens with one attached hydrogen (secondary N) is 1. The minimum atomic E-state index is -0.243. The molecule has 1 N–H and O–H groups in total. The van der Waals surface area contributed by atoms with Gasteiger partial charge in [-0.3, -0.25) is 4.79 Å². The van der Waals surface area contributed by atoms with Crippen molar-refractivity contribution in [3.05, 3.63) is 35.6 Å². The average Bonchev–Trinajstić information content (AvgIpc) is 2.51. The van der Waals surface area contributed by atoms with E-state index in [2.05, 4.69) is 15.2 Å². The Hall–Kier alpha value is -1.38. The molecule has 23 heavy (non-hydrogen) atoms. The summed E-state index contributed by atoms with van der Waals surface area (Å²) >= 11 is 0. The maximum atomic E-state index is 13.2. The van der Waals surface area contributed by atoms with E-state index in [9.17, 15) is 9.18 Å². The van der Waals surface area contributed by atoms with Crippen molar-refractivity contribution in [2.75, 3.05) is 32.7 Å². The van der Waals surface area contributed by atoms with E-state index < -0.39 is 0 Å². The number of nitrogens with zero attached hydrogens (tertiary/aromatic N) is 3. The molecule has 0 saturated carbocycles. The zero-order valence-corrected chi connectivity index (χ0v) is 15.9. The van der Waals surface area contributed by atoms with Crippen LogP contribution in [0.5, 0.6) is 0 Å². The van der Waals surface area contributed by atoms with Crippen LogP contribution in [0.25, 0.3) is 0 Å². The molecule has 0 atom stereocenters. The third-order valence-electron chi connectivity index (χ3n) is 3.66. The highest BCUT2D eigenvalue weighted by Crippen LogP contribution is 2.07. The van der Waals surface area contributed by atoms with Gasteiger partial charge in [-0.1, -0.05) is 12.1 Å². The van der Waals surface area contributed by atoms with Crippen LogP contribution in [0.4, 0.5) is 4.39 Å². The van der Waals surface area contributed by atoms with Gasteiger partial charge in [0, 0.05) is 39.6 Å². The zero-order chi connectivity index (χ0) is 15.9. The minimum Gasteiger partial charge on any atom is -0.357 e. The summed E-state index contributed by atoms with van der Waals surface area (Å²) in [6.45, 7) is 7.76. The van der Waals surface area contributed by atoms with Gasteiger partial charge >= 0.3 is 0 Å². The molecule has 0 bridgehead atoms. The topological polar surface area (TPSA) is 47.9 Å². The largest absolute Gasteiger partial charge is 0.357 e. The van der Waals surface area contributed by atoms with E-state index in [-0.39, 0.29) is 35.7 Å². The molecule has 1 aromatic carbocycles. The smallest absolute Gasteiger partial charge is 0.219 e. The molecule has 0 unspecified atom stereocenters. The lowest BCUT2D eigenvalue weighted by Gasteiger charge is -2.36. The molecule has 1 amide bonds. The number of halogens is 2. The summed E-state index contributed by atoms with van der Waals surface area (Å²) in [5.74, 6) is 0.684. The van der Waals surface area contributed by atoms with Gasteiger partial charge < -0.3 is 15.1 Å². The van der Waals surface area contributed by atoms with Crippen molar-refractivity contribution in [2.45, 2.75) is 20.4 Å². The molecule has 128 valence electrons. The molecule has 1 aromatic rings. The number of hydrogen-bond acceptors (Lipinski definition) is 2. The summed E-state index contributed by atoms with van der Waals surface area (Å²) in [5, 5.41) is 3.26. The lowest BCUT2D eigenvalue weighted by atomic mass is 10.2. The molecule has 1 aliphatic heterocycles. The van der Waals surface area contributed by atoms with Crippen LogP contribution in [0, 0.1) is 5.82 Å². The monoisotopic (exact) mass is 434 g/mol. The van der Waals surface area contributed by atoms with Crippen molar-refractivity contribution in [1.82, 2.24) is 15.1 Å². The van der Waals surface area contributed by atoms with Crippen molar-refractivity contribution >= 4 is 35.8 Å². The molecule has 1 fully saturated rings. The highest BCUT2D eigenvalue weighted by atomic mass is 127. The number of piperazine rings is 1. The standard InChI is InChI=1S/C16H23FN4O.HI/c1-3-18-16(19-12-14-5-4-6-15(17)11-14)21-9-7-20(8-10-21)13(2)22;/h4-6,11H,3,7-10,12H2,1-2H3,(H,18,19);1H. The number of aliphatic imine (C=N–C) groups is 1. The molecule has 1 saturated heterocycles. The summed E-state index contributed by atoms with van der Waals surface area (Å²) in [6, 6.07) is 6.49. The van der Waals surface area contributed by atoms with Crippen LogP contribution in [0.2, 0.25) is 0 Å². The lowest BCUT2D eigenvalue weighted by Crippen LogP contribution is -2.53. The van der Waals surface area contributed by atoms with Gasteiger partial charge in [0.2, 0.25) is 5.91 Å². The van der Waals surface area contributed by atoms with E-state index in [0.29, 0.717) is 19.6 Å². The molecular weight excluding hydrogens is 410 g/mol. The van der Waals surface area contributed by atoms with Gasteiger partial charge in [-0.2, -0.15) is 0 Å². The Labute approximate surface area is 154 Å². The van der Waals surface area contributed by atoms with Crippen LogP contribution in [0.1, 0.15) is 19.4 Å². The molecule has 1 aliphatic rings. The van der Waals surface area contributed by atoms with Gasteiger partial charge in [-0.05, 0) is 24.6 Å². The van der Waals surface area contributed by atoms with Gasteiger partial charge in [-0.25, -0.2) is 9.38 Å². The van der Waals surface area contributed by atoms with Gasteiger partial charge in [0.25, 0.3) is 0 Å². The van der Waals surface area contributed by atoms with Gasteiger partial charge in [0.15, 0.2) is 5.96 Å². The summed E-state index contributed by atoms with van der Waals surface area (Å²) in [7, 11) is 0. The number of guanidine groups is 1. The fraction of sp³-hybridized carbons (Fsp3) is 0.500. The van der Waals surface area contributed by atoms with E-state index in [1.807, 2.05) is 17.9 Å². The van der Waals surface area contributed by atoms with E-state index >= 15 is 0 Å². The third kappa shape index (κ3) is 5.96.